The van der Waals surface area contributed by atoms with Gasteiger partial charge < -0.3 is 0 Å². The summed E-state index contributed by atoms with van der Waals surface area (Å²) in [5, 5.41) is 0. The van der Waals surface area contributed by atoms with Crippen LogP contribution >= 0.6 is 0 Å². The Morgan fingerprint density at radius 2 is 1.33 bits per heavy atom. The van der Waals surface area contributed by atoms with Crippen LogP contribution in [0.1, 0.15) is 13.8 Å². The van der Waals surface area contributed by atoms with Gasteiger partial charge in [-0.1, -0.05) is 42.0 Å². The molecule has 0 aromatic heterocycles. The molecule has 0 saturated carbocycles. The van der Waals surface area contributed by atoms with Crippen molar-refractivity contribution in [3.05, 3.63) is 48.1 Å². The molecular weight excluding hydrogens is 148 g/mol. The molecule has 1 heteroatoms. The zero-order valence-corrected chi connectivity index (χ0v) is 7.53. The Balaban J connectivity index is 3.74. The smallest absolute Gasteiger partial charge is 0.142 e. The monoisotopic (exact) mass is 162 g/mol. The first-order valence-corrected chi connectivity index (χ1v) is 3.86. The summed E-state index contributed by atoms with van der Waals surface area (Å²) in [4.78, 5) is 9.83. The molecule has 64 valence electrons. The first-order chi connectivity index (χ1) is 5.77. The van der Waals surface area contributed by atoms with Gasteiger partial charge in [0.2, 0.25) is 0 Å². The van der Waals surface area contributed by atoms with Crippen LogP contribution in [0.25, 0.3) is 0 Å². The van der Waals surface area contributed by atoms with Gasteiger partial charge in [-0.3, -0.25) is 4.79 Å². The van der Waals surface area contributed by atoms with E-state index in [-0.39, 0.29) is 0 Å². The predicted octanol–water partition coefficient (Wildman–Crippen LogP) is 2.82. The summed E-state index contributed by atoms with van der Waals surface area (Å²) < 4.78 is 0. The van der Waals surface area contributed by atoms with Crippen LogP contribution in [0.4, 0.5) is 0 Å². The molecule has 0 unspecified atom stereocenters. The maximum absolute atomic E-state index is 9.83. The minimum absolute atomic E-state index is 0.754. The first kappa shape index (κ1) is 10.6. The summed E-state index contributed by atoms with van der Waals surface area (Å²) in [6, 6.07) is 0. The third kappa shape index (κ3) is 8.63. The highest BCUT2D eigenvalue weighted by atomic mass is 16.1. The molecule has 0 N–H and O–H groups in total. The van der Waals surface area contributed by atoms with Gasteiger partial charge in [-0.2, -0.15) is 0 Å². The normalized spacial score (nSPS) is 11.5. The van der Waals surface area contributed by atoms with Crippen molar-refractivity contribution in [2.45, 2.75) is 13.8 Å². The Morgan fingerprint density at radius 1 is 0.833 bits per heavy atom. The van der Waals surface area contributed by atoms with E-state index in [1.54, 1.807) is 6.08 Å². The van der Waals surface area contributed by atoms with Crippen molar-refractivity contribution in [2.24, 2.45) is 0 Å². The summed E-state index contributed by atoms with van der Waals surface area (Å²) in [6.45, 7) is 4.08. The first-order valence-electron chi connectivity index (χ1n) is 3.86. The van der Waals surface area contributed by atoms with Crippen LogP contribution < -0.4 is 0 Å². The van der Waals surface area contributed by atoms with Gasteiger partial charge in [0.05, 0.1) is 0 Å². The highest BCUT2D eigenvalue weighted by Crippen LogP contribution is 1.89. The Kier molecular flexibility index (Phi) is 6.85. The lowest BCUT2D eigenvalue weighted by atomic mass is 10.3. The molecule has 1 nitrogen and oxygen atoms in total. The minimum atomic E-state index is 0.754. The van der Waals surface area contributed by atoms with Crippen LogP contribution in [0.3, 0.4) is 0 Å². The quantitative estimate of drug-likeness (QED) is 0.353. The topological polar surface area (TPSA) is 17.1 Å². The molecule has 0 heterocycles. The van der Waals surface area contributed by atoms with Gasteiger partial charge in [0.15, 0.2) is 0 Å². The average molecular weight is 162 g/mol. The highest BCUT2D eigenvalue weighted by Gasteiger charge is 1.68. The van der Waals surface area contributed by atoms with E-state index in [9.17, 15) is 4.79 Å². The standard InChI is InChI=1S/C11H14O/c1-11(2)9-7-5-3-4-6-8-10-12/h3-10H,1-2H3. The number of allylic oxidation sites excluding steroid dienone is 8. The van der Waals surface area contributed by atoms with Gasteiger partial charge in [-0.25, -0.2) is 0 Å². The van der Waals surface area contributed by atoms with Gasteiger partial charge in [-0.05, 0) is 19.9 Å². The van der Waals surface area contributed by atoms with Crippen molar-refractivity contribution in [3.63, 3.8) is 0 Å². The summed E-state index contributed by atoms with van der Waals surface area (Å²) in [7, 11) is 0. The maximum Gasteiger partial charge on any atom is 0.142 e. The number of carbonyl (C=O) groups excluding carboxylic acids is 1. The van der Waals surface area contributed by atoms with E-state index in [1.807, 2.05) is 44.2 Å². The molecule has 0 spiro atoms. The van der Waals surface area contributed by atoms with Crippen LogP contribution in [0.2, 0.25) is 0 Å². The third-order valence-electron chi connectivity index (χ3n) is 1.06. The van der Waals surface area contributed by atoms with E-state index in [0.29, 0.717) is 0 Å². The Labute approximate surface area is 73.8 Å². The molecule has 12 heavy (non-hydrogen) atoms. The van der Waals surface area contributed by atoms with Crippen molar-refractivity contribution >= 4 is 6.29 Å². The minimum Gasteiger partial charge on any atom is -0.299 e. The van der Waals surface area contributed by atoms with Crippen molar-refractivity contribution in [3.8, 4) is 0 Å². The van der Waals surface area contributed by atoms with Gasteiger partial charge in [0.1, 0.15) is 6.29 Å². The maximum atomic E-state index is 9.83. The number of carbonyl (C=O) groups is 1. The Hall–Kier alpha value is -1.37. The van der Waals surface area contributed by atoms with E-state index in [1.165, 1.54) is 11.6 Å². The summed E-state index contributed by atoms with van der Waals surface area (Å²) in [5.41, 5.74) is 1.27. The molecule has 0 bridgehead atoms. The van der Waals surface area contributed by atoms with Gasteiger partial charge in [0, 0.05) is 0 Å². The molecule has 0 aromatic carbocycles. The van der Waals surface area contributed by atoms with Gasteiger partial charge in [-0.15, -0.1) is 0 Å². The number of aldehydes is 1. The Morgan fingerprint density at radius 3 is 1.83 bits per heavy atom. The molecule has 0 rings (SSSR count). The number of hydrogen-bond acceptors (Lipinski definition) is 1. The summed E-state index contributed by atoms with van der Waals surface area (Å²) >= 11 is 0. The fourth-order valence-electron chi connectivity index (χ4n) is 0.550. The zero-order chi connectivity index (χ0) is 9.23. The lowest BCUT2D eigenvalue weighted by Crippen LogP contribution is -1.58. The molecular formula is C11H14O. The molecule has 0 amide bonds. The Bertz CT molecular complexity index is 225. The molecule has 0 saturated heterocycles. The zero-order valence-electron chi connectivity index (χ0n) is 7.53. The number of hydrogen-bond donors (Lipinski definition) is 0. The van der Waals surface area contributed by atoms with Crippen LogP contribution in [0.15, 0.2) is 48.1 Å². The second kappa shape index (κ2) is 7.73. The van der Waals surface area contributed by atoms with Gasteiger partial charge in [0.25, 0.3) is 0 Å². The lowest BCUT2D eigenvalue weighted by Gasteiger charge is -1.79. The second-order valence-electron chi connectivity index (χ2n) is 2.53. The fourth-order valence-corrected chi connectivity index (χ4v) is 0.550. The number of rotatable bonds is 4. The van der Waals surface area contributed by atoms with Crippen LogP contribution in [0.5, 0.6) is 0 Å². The largest absolute Gasteiger partial charge is 0.299 e. The van der Waals surface area contributed by atoms with Crippen molar-refractivity contribution in [2.75, 3.05) is 0 Å². The van der Waals surface area contributed by atoms with Crippen molar-refractivity contribution < 1.29 is 4.79 Å². The molecule has 0 aliphatic heterocycles. The van der Waals surface area contributed by atoms with Crippen LogP contribution in [0, 0.1) is 0 Å². The molecule has 0 radical (unpaired) electrons. The highest BCUT2D eigenvalue weighted by molar-refractivity contribution is 5.65. The van der Waals surface area contributed by atoms with Crippen LogP contribution in [-0.4, -0.2) is 6.29 Å². The molecule has 0 fully saturated rings. The van der Waals surface area contributed by atoms with Crippen molar-refractivity contribution in [1.29, 1.82) is 0 Å². The van der Waals surface area contributed by atoms with E-state index in [4.69, 9.17) is 0 Å². The van der Waals surface area contributed by atoms with E-state index < -0.39 is 0 Å². The SMILES string of the molecule is CC(C)=CC=CC=CC=CC=O. The summed E-state index contributed by atoms with van der Waals surface area (Å²) in [6.07, 6.45) is 13.5. The molecule has 0 aromatic rings. The fraction of sp³-hybridized carbons (Fsp3) is 0.182. The van der Waals surface area contributed by atoms with E-state index >= 15 is 0 Å². The lowest BCUT2D eigenvalue weighted by molar-refractivity contribution is -0.104. The van der Waals surface area contributed by atoms with Crippen molar-refractivity contribution in [1.82, 2.24) is 0 Å². The second-order valence-corrected chi connectivity index (χ2v) is 2.53. The predicted molar refractivity (Wildman–Crippen MR) is 52.9 cm³/mol. The van der Waals surface area contributed by atoms with Crippen LogP contribution in [-0.2, 0) is 4.79 Å². The van der Waals surface area contributed by atoms with E-state index in [0.717, 1.165) is 6.29 Å². The van der Waals surface area contributed by atoms with Gasteiger partial charge >= 0.3 is 0 Å². The molecule has 0 atom stereocenters. The van der Waals surface area contributed by atoms with E-state index in [2.05, 4.69) is 0 Å². The average Bonchev–Trinajstić information content (AvgIpc) is 2.02. The molecule has 0 aliphatic rings. The summed E-state index contributed by atoms with van der Waals surface area (Å²) in [5.74, 6) is 0. The third-order valence-corrected chi connectivity index (χ3v) is 1.06. The molecule has 0 aliphatic carbocycles.